The van der Waals surface area contributed by atoms with E-state index in [0.717, 1.165) is 16.9 Å². The summed E-state index contributed by atoms with van der Waals surface area (Å²) < 4.78 is 15.1. The van der Waals surface area contributed by atoms with Gasteiger partial charge in [0.2, 0.25) is 0 Å². The second kappa shape index (κ2) is 7.46. The lowest BCUT2D eigenvalue weighted by Gasteiger charge is -2.24. The molecule has 0 radical (unpaired) electrons. The molecule has 0 N–H and O–H groups in total. The van der Waals surface area contributed by atoms with Gasteiger partial charge in [0.05, 0.1) is 17.6 Å². The highest BCUT2D eigenvalue weighted by atomic mass is 35.5. The third-order valence-electron chi connectivity index (χ3n) is 4.23. The van der Waals surface area contributed by atoms with Gasteiger partial charge in [-0.1, -0.05) is 25.4 Å². The smallest absolute Gasteiger partial charge is 0.254 e. The molecule has 0 aliphatic rings. The molecule has 3 aromatic rings. The Morgan fingerprint density at radius 2 is 1.92 bits per heavy atom. The maximum atomic E-state index is 13.2. The number of nitrogens with zero attached hydrogens (tertiary/aromatic N) is 3. The molecule has 2 aromatic carbocycles. The van der Waals surface area contributed by atoms with Gasteiger partial charge in [-0.15, -0.1) is 0 Å². The maximum Gasteiger partial charge on any atom is 0.254 e. The highest BCUT2D eigenvalue weighted by Crippen LogP contribution is 2.21. The number of rotatable bonds is 5. The van der Waals surface area contributed by atoms with Gasteiger partial charge in [-0.2, -0.15) is 0 Å². The van der Waals surface area contributed by atoms with Crippen molar-refractivity contribution in [1.29, 1.82) is 0 Å². The molecule has 1 aromatic heterocycles. The Morgan fingerprint density at radius 1 is 1.23 bits per heavy atom. The summed E-state index contributed by atoms with van der Waals surface area (Å²) in [5, 5.41) is 0.647. The first-order valence-corrected chi connectivity index (χ1v) is 8.88. The Labute approximate surface area is 157 Å². The fraction of sp³-hybridized carbons (Fsp3) is 0.300. The summed E-state index contributed by atoms with van der Waals surface area (Å²) in [5.41, 5.74) is 2.23. The van der Waals surface area contributed by atoms with Crippen molar-refractivity contribution in [2.75, 3.05) is 6.54 Å². The van der Waals surface area contributed by atoms with Crippen LogP contribution in [0.2, 0.25) is 5.02 Å². The number of aromatic nitrogens is 2. The molecule has 0 aliphatic carbocycles. The zero-order chi connectivity index (χ0) is 18.8. The summed E-state index contributed by atoms with van der Waals surface area (Å²) in [6.45, 7) is 5.07. The Morgan fingerprint density at radius 3 is 2.58 bits per heavy atom. The van der Waals surface area contributed by atoms with Crippen molar-refractivity contribution < 1.29 is 9.18 Å². The van der Waals surface area contributed by atoms with Crippen molar-refractivity contribution in [3.05, 3.63) is 64.7 Å². The summed E-state index contributed by atoms with van der Waals surface area (Å²) in [7, 11) is 1.91. The number of carbonyl (C=O) groups excluding carboxylic acids is 1. The fourth-order valence-electron chi connectivity index (χ4n) is 2.96. The number of imidazole rings is 1. The number of hydrogen-bond acceptors (Lipinski definition) is 2. The lowest BCUT2D eigenvalue weighted by molar-refractivity contribution is 0.0716. The second-order valence-corrected chi connectivity index (χ2v) is 7.24. The van der Waals surface area contributed by atoms with Crippen molar-refractivity contribution in [2.45, 2.75) is 20.4 Å². The molecule has 0 saturated carbocycles. The number of hydrogen-bond donors (Lipinski definition) is 0. The van der Waals surface area contributed by atoms with Crippen molar-refractivity contribution >= 4 is 28.5 Å². The molecule has 0 spiro atoms. The maximum absolute atomic E-state index is 13.2. The van der Waals surface area contributed by atoms with Crippen LogP contribution >= 0.6 is 11.6 Å². The van der Waals surface area contributed by atoms with E-state index >= 15 is 0 Å². The predicted molar refractivity (Wildman–Crippen MR) is 102 cm³/mol. The first kappa shape index (κ1) is 18.4. The van der Waals surface area contributed by atoms with E-state index in [1.54, 1.807) is 11.0 Å². The summed E-state index contributed by atoms with van der Waals surface area (Å²) in [4.78, 5) is 19.3. The molecule has 3 rings (SSSR count). The van der Waals surface area contributed by atoms with E-state index < -0.39 is 0 Å². The van der Waals surface area contributed by atoms with Crippen molar-refractivity contribution in [3.63, 3.8) is 0 Å². The molecule has 0 bridgehead atoms. The minimum Gasteiger partial charge on any atom is -0.331 e. The third-order valence-corrected chi connectivity index (χ3v) is 4.47. The van der Waals surface area contributed by atoms with Crippen LogP contribution in [0.4, 0.5) is 4.39 Å². The lowest BCUT2D eigenvalue weighted by atomic mass is 10.1. The highest BCUT2D eigenvalue weighted by molar-refractivity contribution is 6.31. The zero-order valence-corrected chi connectivity index (χ0v) is 15.8. The molecular weight excluding hydrogens is 353 g/mol. The summed E-state index contributed by atoms with van der Waals surface area (Å²) >= 11 is 6.08. The molecule has 136 valence electrons. The molecular formula is C20H21ClFN3O. The molecule has 0 saturated heterocycles. The van der Waals surface area contributed by atoms with Crippen molar-refractivity contribution in [2.24, 2.45) is 13.0 Å². The van der Waals surface area contributed by atoms with Gasteiger partial charge >= 0.3 is 0 Å². The van der Waals surface area contributed by atoms with E-state index in [4.69, 9.17) is 11.6 Å². The summed E-state index contributed by atoms with van der Waals surface area (Å²) in [5.74, 6) is 0.579. The Hall–Kier alpha value is -2.40. The van der Waals surface area contributed by atoms with Gasteiger partial charge in [0.25, 0.3) is 5.91 Å². The zero-order valence-electron chi connectivity index (χ0n) is 15.0. The molecule has 6 heteroatoms. The standard InChI is InChI=1S/C20H21ClFN3O/c1-13(2)11-25(20(26)14-4-7-16(22)8-5-14)12-19-23-17-9-6-15(21)10-18(17)24(19)3/h4-10,13H,11-12H2,1-3H3. The predicted octanol–water partition coefficient (Wildman–Crippen LogP) is 4.66. The van der Waals surface area contributed by atoms with E-state index in [9.17, 15) is 9.18 Å². The SMILES string of the molecule is CC(C)CN(Cc1nc2ccc(Cl)cc2n1C)C(=O)c1ccc(F)cc1. The van der Waals surface area contributed by atoms with Crippen LogP contribution in [-0.2, 0) is 13.6 Å². The average Bonchev–Trinajstić information content (AvgIpc) is 2.90. The minimum atomic E-state index is -0.357. The highest BCUT2D eigenvalue weighted by Gasteiger charge is 2.20. The van der Waals surface area contributed by atoms with Gasteiger partial charge in [0, 0.05) is 24.2 Å². The molecule has 0 fully saturated rings. The number of aryl methyl sites for hydroxylation is 1. The fourth-order valence-corrected chi connectivity index (χ4v) is 3.13. The third kappa shape index (κ3) is 3.88. The summed E-state index contributed by atoms with van der Waals surface area (Å²) in [6.07, 6.45) is 0. The quantitative estimate of drug-likeness (QED) is 0.652. The molecule has 1 amide bonds. The van der Waals surface area contributed by atoms with E-state index in [-0.39, 0.29) is 11.7 Å². The van der Waals surface area contributed by atoms with Gasteiger partial charge in [-0.05, 0) is 48.4 Å². The Bertz CT molecular complexity index is 934. The topological polar surface area (TPSA) is 38.1 Å². The van der Waals surface area contributed by atoms with Crippen LogP contribution in [0.3, 0.4) is 0 Å². The van der Waals surface area contributed by atoms with Gasteiger partial charge in [0.15, 0.2) is 0 Å². The van der Waals surface area contributed by atoms with E-state index in [2.05, 4.69) is 18.8 Å². The monoisotopic (exact) mass is 373 g/mol. The van der Waals surface area contributed by atoms with E-state index in [1.165, 1.54) is 24.3 Å². The first-order valence-electron chi connectivity index (χ1n) is 8.51. The normalized spacial score (nSPS) is 11.3. The van der Waals surface area contributed by atoms with Gasteiger partial charge < -0.3 is 9.47 Å². The van der Waals surface area contributed by atoms with Crippen molar-refractivity contribution in [1.82, 2.24) is 14.5 Å². The van der Waals surface area contributed by atoms with Crippen LogP contribution in [0.1, 0.15) is 30.0 Å². The van der Waals surface area contributed by atoms with Crippen LogP contribution in [0, 0.1) is 11.7 Å². The van der Waals surface area contributed by atoms with E-state index in [1.807, 2.05) is 23.7 Å². The number of halogens is 2. The Balaban J connectivity index is 1.92. The van der Waals surface area contributed by atoms with Crippen molar-refractivity contribution in [3.8, 4) is 0 Å². The molecule has 0 atom stereocenters. The number of benzene rings is 2. The van der Waals surface area contributed by atoms with Gasteiger partial charge in [-0.25, -0.2) is 9.37 Å². The number of carbonyl (C=O) groups is 1. The molecule has 0 aliphatic heterocycles. The van der Waals surface area contributed by atoms with Crippen LogP contribution in [0.15, 0.2) is 42.5 Å². The van der Waals surface area contributed by atoms with Gasteiger partial charge in [0.1, 0.15) is 11.6 Å². The summed E-state index contributed by atoms with van der Waals surface area (Å²) in [6, 6.07) is 11.2. The second-order valence-electron chi connectivity index (χ2n) is 6.81. The van der Waals surface area contributed by atoms with E-state index in [0.29, 0.717) is 29.6 Å². The van der Waals surface area contributed by atoms with Crippen LogP contribution in [0.25, 0.3) is 11.0 Å². The lowest BCUT2D eigenvalue weighted by Crippen LogP contribution is -2.34. The largest absolute Gasteiger partial charge is 0.331 e. The molecule has 4 nitrogen and oxygen atoms in total. The molecule has 26 heavy (non-hydrogen) atoms. The molecule has 0 unspecified atom stereocenters. The average molecular weight is 374 g/mol. The Kier molecular flexibility index (Phi) is 5.28. The van der Waals surface area contributed by atoms with Crippen LogP contribution < -0.4 is 0 Å². The van der Waals surface area contributed by atoms with Crippen LogP contribution in [-0.4, -0.2) is 26.9 Å². The van der Waals surface area contributed by atoms with Gasteiger partial charge in [-0.3, -0.25) is 4.79 Å². The number of amides is 1. The van der Waals surface area contributed by atoms with Crippen LogP contribution in [0.5, 0.6) is 0 Å². The minimum absolute atomic E-state index is 0.135. The first-order chi connectivity index (χ1) is 12.3. The molecule has 1 heterocycles. The number of fused-ring (bicyclic) bond motifs is 1.